The van der Waals surface area contributed by atoms with Gasteiger partial charge in [-0.05, 0) is 11.5 Å². The number of nitro groups is 2. The number of non-ortho nitro benzene ring substituents is 1. The van der Waals surface area contributed by atoms with Gasteiger partial charge in [0.25, 0.3) is 11.4 Å². The number of benzene rings is 3. The van der Waals surface area contributed by atoms with Crippen molar-refractivity contribution in [1.82, 2.24) is 0 Å². The Morgan fingerprint density at radius 3 is 2.19 bits per heavy atom. The lowest BCUT2D eigenvalue weighted by molar-refractivity contribution is -0.394. The standard InChI is InChI=1S/C17H10F3N3O4/c18-17(19,20)13-8-11(22(24)25)9-15(23(26)27)16(13)21-14-7-3-5-10-4-1-2-6-12(10)14/h1-9,21H. The van der Waals surface area contributed by atoms with Crippen LogP contribution in [0.1, 0.15) is 5.56 Å². The molecular formula is C17H10F3N3O4. The number of nitrogens with zero attached hydrogens (tertiary/aromatic N) is 2. The molecule has 0 atom stereocenters. The average Bonchev–Trinajstić information content (AvgIpc) is 2.60. The van der Waals surface area contributed by atoms with Crippen LogP contribution in [0.5, 0.6) is 0 Å². The van der Waals surface area contributed by atoms with E-state index in [0.29, 0.717) is 16.8 Å². The second kappa shape index (κ2) is 6.56. The largest absolute Gasteiger partial charge is 0.418 e. The number of rotatable bonds is 4. The van der Waals surface area contributed by atoms with Gasteiger partial charge in [-0.2, -0.15) is 13.2 Å². The minimum atomic E-state index is -5.04. The van der Waals surface area contributed by atoms with Gasteiger partial charge in [0.1, 0.15) is 5.69 Å². The van der Waals surface area contributed by atoms with Gasteiger partial charge in [0.05, 0.1) is 21.5 Å². The maximum Gasteiger partial charge on any atom is 0.418 e. The molecule has 7 nitrogen and oxygen atoms in total. The summed E-state index contributed by atoms with van der Waals surface area (Å²) in [4.78, 5) is 20.0. The molecule has 0 saturated carbocycles. The molecule has 0 amide bonds. The number of hydrogen-bond donors (Lipinski definition) is 1. The lowest BCUT2D eigenvalue weighted by Crippen LogP contribution is -2.12. The van der Waals surface area contributed by atoms with Crippen LogP contribution in [0.3, 0.4) is 0 Å². The topological polar surface area (TPSA) is 98.3 Å². The second-order valence-electron chi connectivity index (χ2n) is 5.55. The highest BCUT2D eigenvalue weighted by Crippen LogP contribution is 2.44. The maximum absolute atomic E-state index is 13.5. The first-order valence-corrected chi connectivity index (χ1v) is 7.47. The molecule has 0 radical (unpaired) electrons. The lowest BCUT2D eigenvalue weighted by Gasteiger charge is -2.16. The Labute approximate surface area is 149 Å². The number of halogens is 3. The minimum Gasteiger partial charge on any atom is -0.349 e. The van der Waals surface area contributed by atoms with Crippen LogP contribution in [0.4, 0.5) is 35.9 Å². The summed E-state index contributed by atoms with van der Waals surface area (Å²) < 4.78 is 40.4. The van der Waals surface area contributed by atoms with E-state index in [1.165, 1.54) is 6.07 Å². The van der Waals surface area contributed by atoms with Gasteiger partial charge in [-0.3, -0.25) is 20.2 Å². The molecule has 10 heteroatoms. The first-order chi connectivity index (χ1) is 12.7. The molecule has 0 saturated heterocycles. The number of alkyl halides is 3. The van der Waals surface area contributed by atoms with E-state index < -0.39 is 38.6 Å². The molecule has 0 spiro atoms. The third-order valence-electron chi connectivity index (χ3n) is 3.86. The second-order valence-corrected chi connectivity index (χ2v) is 5.55. The summed E-state index contributed by atoms with van der Waals surface area (Å²) in [6, 6.07) is 12.3. The van der Waals surface area contributed by atoms with Crippen molar-refractivity contribution in [2.75, 3.05) is 5.32 Å². The molecule has 0 unspecified atom stereocenters. The zero-order valence-electron chi connectivity index (χ0n) is 13.4. The van der Waals surface area contributed by atoms with Gasteiger partial charge in [0, 0.05) is 17.1 Å². The van der Waals surface area contributed by atoms with Crippen LogP contribution in [-0.4, -0.2) is 9.85 Å². The first kappa shape index (κ1) is 18.1. The van der Waals surface area contributed by atoms with Crippen LogP contribution in [0.15, 0.2) is 54.6 Å². The summed E-state index contributed by atoms with van der Waals surface area (Å²) in [5.74, 6) is 0. The minimum absolute atomic E-state index is 0.204. The molecule has 0 aliphatic carbocycles. The first-order valence-electron chi connectivity index (χ1n) is 7.47. The van der Waals surface area contributed by atoms with E-state index in [0.717, 1.165) is 0 Å². The van der Waals surface area contributed by atoms with Crippen molar-refractivity contribution in [2.45, 2.75) is 6.18 Å². The van der Waals surface area contributed by atoms with Crippen molar-refractivity contribution in [3.05, 3.63) is 80.4 Å². The summed E-state index contributed by atoms with van der Waals surface area (Å²) in [6.07, 6.45) is -5.04. The smallest absolute Gasteiger partial charge is 0.349 e. The van der Waals surface area contributed by atoms with E-state index in [-0.39, 0.29) is 11.8 Å². The molecular weight excluding hydrogens is 367 g/mol. The van der Waals surface area contributed by atoms with Crippen LogP contribution in [0, 0.1) is 20.2 Å². The summed E-state index contributed by atoms with van der Waals surface area (Å²) in [6.45, 7) is 0. The quantitative estimate of drug-likeness (QED) is 0.484. The molecule has 0 bridgehead atoms. The summed E-state index contributed by atoms with van der Waals surface area (Å²) in [5.41, 5.74) is -4.19. The van der Waals surface area contributed by atoms with E-state index in [2.05, 4.69) is 5.32 Å². The predicted molar refractivity (Wildman–Crippen MR) is 92.0 cm³/mol. The maximum atomic E-state index is 13.5. The Kier molecular flexibility index (Phi) is 4.40. The van der Waals surface area contributed by atoms with Crippen LogP contribution >= 0.6 is 0 Å². The molecule has 0 heterocycles. The fraction of sp³-hybridized carbons (Fsp3) is 0.0588. The molecule has 27 heavy (non-hydrogen) atoms. The molecule has 3 rings (SSSR count). The molecule has 0 fully saturated rings. The SMILES string of the molecule is O=[N+]([O-])c1cc([N+](=O)[O-])c(Nc2cccc3ccccc23)c(C(F)(F)F)c1. The molecule has 0 aliphatic rings. The third kappa shape index (κ3) is 3.50. The Balaban J connectivity index is 2.27. The van der Waals surface area contributed by atoms with E-state index in [4.69, 9.17) is 0 Å². The number of nitro benzene ring substituents is 2. The van der Waals surface area contributed by atoms with Gasteiger partial charge in [-0.1, -0.05) is 36.4 Å². The zero-order valence-corrected chi connectivity index (χ0v) is 13.4. The van der Waals surface area contributed by atoms with Gasteiger partial charge >= 0.3 is 6.18 Å². The van der Waals surface area contributed by atoms with Crippen molar-refractivity contribution in [3.63, 3.8) is 0 Å². The fourth-order valence-corrected chi connectivity index (χ4v) is 2.69. The molecule has 0 aliphatic heterocycles. The monoisotopic (exact) mass is 377 g/mol. The van der Waals surface area contributed by atoms with Gasteiger partial charge < -0.3 is 5.32 Å². The van der Waals surface area contributed by atoms with E-state index in [1.807, 2.05) is 0 Å². The predicted octanol–water partition coefficient (Wildman–Crippen LogP) is 5.42. The fourth-order valence-electron chi connectivity index (χ4n) is 2.69. The van der Waals surface area contributed by atoms with Crippen molar-refractivity contribution in [1.29, 1.82) is 0 Å². The Hall–Kier alpha value is -3.69. The van der Waals surface area contributed by atoms with Crippen molar-refractivity contribution in [2.24, 2.45) is 0 Å². The molecule has 3 aromatic rings. The number of fused-ring (bicyclic) bond motifs is 1. The molecule has 1 N–H and O–H groups in total. The van der Waals surface area contributed by atoms with Crippen LogP contribution in [0.25, 0.3) is 10.8 Å². The number of nitrogens with one attached hydrogen (secondary N) is 1. The highest BCUT2D eigenvalue weighted by atomic mass is 19.4. The highest BCUT2D eigenvalue weighted by molar-refractivity contribution is 5.96. The normalized spacial score (nSPS) is 11.4. The molecule has 3 aromatic carbocycles. The average molecular weight is 377 g/mol. The van der Waals surface area contributed by atoms with Crippen molar-refractivity contribution < 1.29 is 23.0 Å². The van der Waals surface area contributed by atoms with Crippen LogP contribution in [-0.2, 0) is 6.18 Å². The van der Waals surface area contributed by atoms with E-state index in [1.54, 1.807) is 36.4 Å². The zero-order chi connectivity index (χ0) is 19.8. The molecule has 0 aromatic heterocycles. The van der Waals surface area contributed by atoms with Crippen molar-refractivity contribution >= 4 is 33.5 Å². The summed E-state index contributed by atoms with van der Waals surface area (Å²) in [7, 11) is 0. The van der Waals surface area contributed by atoms with Crippen LogP contribution in [0.2, 0.25) is 0 Å². The Morgan fingerprint density at radius 1 is 0.889 bits per heavy atom. The van der Waals surface area contributed by atoms with Gasteiger partial charge in [-0.25, -0.2) is 0 Å². The van der Waals surface area contributed by atoms with Gasteiger partial charge in [-0.15, -0.1) is 0 Å². The summed E-state index contributed by atoms with van der Waals surface area (Å²) in [5, 5.41) is 25.9. The highest BCUT2D eigenvalue weighted by Gasteiger charge is 2.39. The van der Waals surface area contributed by atoms with E-state index >= 15 is 0 Å². The van der Waals surface area contributed by atoms with Gasteiger partial charge in [0.2, 0.25) is 0 Å². The van der Waals surface area contributed by atoms with Crippen LogP contribution < -0.4 is 5.32 Å². The van der Waals surface area contributed by atoms with E-state index in [9.17, 15) is 33.4 Å². The Bertz CT molecular complexity index is 1060. The third-order valence-corrected chi connectivity index (χ3v) is 3.86. The van der Waals surface area contributed by atoms with Gasteiger partial charge in [0.15, 0.2) is 0 Å². The lowest BCUT2D eigenvalue weighted by atomic mass is 10.1. The number of hydrogen-bond acceptors (Lipinski definition) is 5. The van der Waals surface area contributed by atoms with Crippen molar-refractivity contribution in [3.8, 4) is 0 Å². The Morgan fingerprint density at radius 2 is 1.56 bits per heavy atom. The molecule has 138 valence electrons. The summed E-state index contributed by atoms with van der Waals surface area (Å²) >= 11 is 0. The number of anilines is 2.